The largest absolute Gasteiger partial charge is 0.308 e. The van der Waals surface area contributed by atoms with Crippen LogP contribution < -0.4 is 10.4 Å². The van der Waals surface area contributed by atoms with Crippen molar-refractivity contribution in [3.8, 4) is 0 Å². The highest BCUT2D eigenvalue weighted by molar-refractivity contribution is 5.46. The molecule has 0 atom stereocenters. The molecule has 1 aliphatic heterocycles. The van der Waals surface area contributed by atoms with Gasteiger partial charge in [0.15, 0.2) is 0 Å². The second kappa shape index (κ2) is 3.30. The lowest BCUT2D eigenvalue weighted by molar-refractivity contribution is 0.581. The lowest BCUT2D eigenvalue weighted by Crippen LogP contribution is -2.30. The monoisotopic (exact) mass is 184 g/mol. The Morgan fingerprint density at radius 1 is 1.15 bits per heavy atom. The molecule has 70 valence electrons. The molecule has 2 rings (SSSR count). The van der Waals surface area contributed by atoms with Crippen LogP contribution in [-0.2, 0) is 0 Å². The van der Waals surface area contributed by atoms with Gasteiger partial charge >= 0.3 is 0 Å². The van der Waals surface area contributed by atoms with Crippen LogP contribution in [0.4, 0.5) is 14.5 Å². The molecule has 0 radical (unpaired) electrons. The number of hydrogen-bond acceptors (Lipinski definition) is 2. The van der Waals surface area contributed by atoms with Crippen LogP contribution in [0.2, 0.25) is 0 Å². The molecule has 0 spiro atoms. The zero-order chi connectivity index (χ0) is 9.26. The predicted molar refractivity (Wildman–Crippen MR) is 46.3 cm³/mol. The van der Waals surface area contributed by atoms with Gasteiger partial charge in [-0.05, 0) is 18.6 Å². The van der Waals surface area contributed by atoms with E-state index in [9.17, 15) is 8.78 Å². The molecule has 2 nitrogen and oxygen atoms in total. The minimum Gasteiger partial charge on any atom is -0.308 e. The van der Waals surface area contributed by atoms with E-state index in [1.807, 2.05) is 0 Å². The van der Waals surface area contributed by atoms with Crippen molar-refractivity contribution in [3.63, 3.8) is 0 Å². The summed E-state index contributed by atoms with van der Waals surface area (Å²) in [4.78, 5) is 0. The number of hydrogen-bond donors (Lipinski definition) is 1. The highest BCUT2D eigenvalue weighted by atomic mass is 19.1. The normalized spacial score (nSPS) is 16.6. The van der Waals surface area contributed by atoms with Crippen LogP contribution in [-0.4, -0.2) is 13.1 Å². The molecule has 1 aromatic rings. The van der Waals surface area contributed by atoms with E-state index in [1.165, 1.54) is 12.1 Å². The SMILES string of the molecule is Fc1cc(F)cc(N2CCCN2)c1. The molecule has 4 heteroatoms. The average Bonchev–Trinajstić information content (AvgIpc) is 2.53. The van der Waals surface area contributed by atoms with E-state index in [4.69, 9.17) is 0 Å². The summed E-state index contributed by atoms with van der Waals surface area (Å²) in [7, 11) is 0. The topological polar surface area (TPSA) is 15.3 Å². The molecule has 13 heavy (non-hydrogen) atoms. The summed E-state index contributed by atoms with van der Waals surface area (Å²) >= 11 is 0. The number of hydrazine groups is 1. The van der Waals surface area contributed by atoms with Gasteiger partial charge in [0.05, 0.1) is 5.69 Å². The molecule has 0 aliphatic carbocycles. The molecule has 0 saturated carbocycles. The molecule has 1 fully saturated rings. The summed E-state index contributed by atoms with van der Waals surface area (Å²) in [5.74, 6) is -1.08. The van der Waals surface area contributed by atoms with Gasteiger partial charge in [0.1, 0.15) is 11.6 Å². The van der Waals surface area contributed by atoms with Gasteiger partial charge < -0.3 is 5.01 Å². The Kier molecular flexibility index (Phi) is 2.14. The fourth-order valence-electron chi connectivity index (χ4n) is 1.45. The number of halogens is 2. The molecule has 0 aromatic heterocycles. The van der Waals surface area contributed by atoms with Crippen LogP contribution in [0.5, 0.6) is 0 Å². The lowest BCUT2D eigenvalue weighted by atomic mass is 10.3. The van der Waals surface area contributed by atoms with Crippen molar-refractivity contribution in [1.29, 1.82) is 0 Å². The Morgan fingerprint density at radius 3 is 2.38 bits per heavy atom. The minimum atomic E-state index is -0.538. The minimum absolute atomic E-state index is 0.538. The number of nitrogens with one attached hydrogen (secondary N) is 1. The van der Waals surface area contributed by atoms with E-state index in [2.05, 4.69) is 5.43 Å². The van der Waals surface area contributed by atoms with E-state index in [0.717, 1.165) is 25.6 Å². The van der Waals surface area contributed by atoms with Crippen LogP contribution >= 0.6 is 0 Å². The molecule has 1 heterocycles. The third-order valence-corrected chi connectivity index (χ3v) is 2.02. The van der Waals surface area contributed by atoms with Crippen LogP contribution in [0.25, 0.3) is 0 Å². The maximum absolute atomic E-state index is 12.8. The average molecular weight is 184 g/mol. The number of anilines is 1. The van der Waals surface area contributed by atoms with Crippen molar-refractivity contribution < 1.29 is 8.78 Å². The molecule has 1 N–H and O–H groups in total. The molecule has 0 bridgehead atoms. The first-order valence-corrected chi connectivity index (χ1v) is 4.23. The van der Waals surface area contributed by atoms with Crippen molar-refractivity contribution in [3.05, 3.63) is 29.8 Å². The van der Waals surface area contributed by atoms with Gasteiger partial charge in [-0.1, -0.05) is 0 Å². The van der Waals surface area contributed by atoms with Gasteiger partial charge in [0.2, 0.25) is 0 Å². The maximum atomic E-state index is 12.8. The summed E-state index contributed by atoms with van der Waals surface area (Å²) in [5.41, 5.74) is 3.58. The molecule has 0 unspecified atom stereocenters. The summed E-state index contributed by atoms with van der Waals surface area (Å²) in [6.07, 6.45) is 0.998. The van der Waals surface area contributed by atoms with Gasteiger partial charge in [-0.2, -0.15) is 0 Å². The Hall–Kier alpha value is -1.16. The fraction of sp³-hybridized carbons (Fsp3) is 0.333. The highest BCUT2D eigenvalue weighted by Gasteiger charge is 2.13. The van der Waals surface area contributed by atoms with Crippen LogP contribution in [0.1, 0.15) is 6.42 Å². The Morgan fingerprint density at radius 2 is 1.85 bits per heavy atom. The predicted octanol–water partition coefficient (Wildman–Crippen LogP) is 1.68. The summed E-state index contributed by atoms with van der Waals surface area (Å²) in [6, 6.07) is 3.52. The van der Waals surface area contributed by atoms with Crippen molar-refractivity contribution in [2.24, 2.45) is 0 Å². The maximum Gasteiger partial charge on any atom is 0.128 e. The Balaban J connectivity index is 2.28. The highest BCUT2D eigenvalue weighted by Crippen LogP contribution is 2.18. The van der Waals surface area contributed by atoms with Crippen LogP contribution in [0, 0.1) is 11.6 Å². The Labute approximate surface area is 75.1 Å². The number of benzene rings is 1. The van der Waals surface area contributed by atoms with Crippen molar-refractivity contribution in [2.45, 2.75) is 6.42 Å². The van der Waals surface area contributed by atoms with E-state index < -0.39 is 11.6 Å². The van der Waals surface area contributed by atoms with E-state index in [0.29, 0.717) is 5.69 Å². The summed E-state index contributed by atoms with van der Waals surface area (Å²) in [5, 5.41) is 1.76. The van der Waals surface area contributed by atoms with E-state index in [-0.39, 0.29) is 0 Å². The third kappa shape index (κ3) is 1.78. The Bertz CT molecular complexity index is 288. The zero-order valence-corrected chi connectivity index (χ0v) is 7.06. The first-order chi connectivity index (χ1) is 6.25. The van der Waals surface area contributed by atoms with Crippen LogP contribution in [0.3, 0.4) is 0 Å². The first-order valence-electron chi connectivity index (χ1n) is 4.23. The van der Waals surface area contributed by atoms with E-state index >= 15 is 0 Å². The molecule has 1 saturated heterocycles. The third-order valence-electron chi connectivity index (χ3n) is 2.02. The number of rotatable bonds is 1. The summed E-state index contributed by atoms with van der Waals surface area (Å²) < 4.78 is 25.6. The molecular formula is C9H10F2N2. The smallest absolute Gasteiger partial charge is 0.128 e. The van der Waals surface area contributed by atoms with Crippen molar-refractivity contribution in [2.75, 3.05) is 18.1 Å². The fourth-order valence-corrected chi connectivity index (χ4v) is 1.45. The first kappa shape index (κ1) is 8.44. The van der Waals surface area contributed by atoms with Gasteiger partial charge in [-0.15, -0.1) is 0 Å². The van der Waals surface area contributed by atoms with Crippen LogP contribution in [0.15, 0.2) is 18.2 Å². The second-order valence-corrected chi connectivity index (χ2v) is 3.04. The van der Waals surface area contributed by atoms with E-state index in [1.54, 1.807) is 5.01 Å². The molecular weight excluding hydrogens is 174 g/mol. The quantitative estimate of drug-likeness (QED) is 0.714. The van der Waals surface area contributed by atoms with Crippen molar-refractivity contribution in [1.82, 2.24) is 5.43 Å². The zero-order valence-electron chi connectivity index (χ0n) is 7.06. The van der Waals surface area contributed by atoms with Gasteiger partial charge in [0.25, 0.3) is 0 Å². The molecule has 0 amide bonds. The second-order valence-electron chi connectivity index (χ2n) is 3.04. The van der Waals surface area contributed by atoms with Crippen molar-refractivity contribution >= 4 is 5.69 Å². The van der Waals surface area contributed by atoms with Gasteiger partial charge in [-0.25, -0.2) is 14.2 Å². The molecule has 1 aliphatic rings. The standard InChI is InChI=1S/C9H10F2N2/c10-7-4-8(11)6-9(5-7)13-3-1-2-12-13/h4-6,12H,1-3H2. The van der Waals surface area contributed by atoms with Gasteiger partial charge in [0, 0.05) is 19.2 Å². The lowest BCUT2D eigenvalue weighted by Gasteiger charge is -2.17. The molecule has 1 aromatic carbocycles. The summed E-state index contributed by atoms with van der Waals surface area (Å²) in [6.45, 7) is 1.65. The van der Waals surface area contributed by atoms with Gasteiger partial charge in [-0.3, -0.25) is 0 Å². The number of nitrogens with zero attached hydrogens (tertiary/aromatic N) is 1.